The van der Waals surface area contributed by atoms with Crippen molar-refractivity contribution in [2.24, 2.45) is 5.41 Å². The quantitative estimate of drug-likeness (QED) is 0.754. The maximum absolute atomic E-state index is 10.3. The molecule has 0 aromatic carbocycles. The Hall–Kier alpha value is -0.380. The molecular formula is C14H24O3. The summed E-state index contributed by atoms with van der Waals surface area (Å²) in [6, 6.07) is 0. The summed E-state index contributed by atoms with van der Waals surface area (Å²) in [5.74, 6) is -0.428. The van der Waals surface area contributed by atoms with Crippen LogP contribution in [0.3, 0.4) is 0 Å². The zero-order chi connectivity index (χ0) is 12.6. The lowest BCUT2D eigenvalue weighted by Crippen LogP contribution is -2.52. The van der Waals surface area contributed by atoms with Gasteiger partial charge in [-0.25, -0.2) is 0 Å². The zero-order valence-corrected chi connectivity index (χ0v) is 11.0. The predicted molar refractivity (Wildman–Crippen MR) is 66.6 cm³/mol. The first kappa shape index (κ1) is 13.1. The number of rotatable bonds is 2. The molecule has 1 spiro atoms. The molecule has 98 valence electrons. The SMILES string of the molecule is C=CCC1(O)CCC2(CC1)OCC(C)(C)CO2. The number of aliphatic hydroxyl groups is 1. The van der Waals surface area contributed by atoms with Crippen molar-refractivity contribution in [3.63, 3.8) is 0 Å². The van der Waals surface area contributed by atoms with Gasteiger partial charge in [-0.1, -0.05) is 19.9 Å². The molecule has 1 heterocycles. The summed E-state index contributed by atoms with van der Waals surface area (Å²) >= 11 is 0. The zero-order valence-electron chi connectivity index (χ0n) is 11.0. The second kappa shape index (κ2) is 4.38. The first-order valence-electron chi connectivity index (χ1n) is 6.50. The summed E-state index contributed by atoms with van der Waals surface area (Å²) in [7, 11) is 0. The molecule has 1 aliphatic heterocycles. The maximum Gasteiger partial charge on any atom is 0.168 e. The van der Waals surface area contributed by atoms with E-state index in [1.165, 1.54) is 0 Å². The van der Waals surface area contributed by atoms with E-state index in [4.69, 9.17) is 9.47 Å². The third-order valence-corrected chi connectivity index (χ3v) is 3.92. The monoisotopic (exact) mass is 240 g/mol. The lowest BCUT2D eigenvalue weighted by Gasteiger charge is -2.48. The van der Waals surface area contributed by atoms with Gasteiger partial charge >= 0.3 is 0 Å². The Bertz CT molecular complexity index is 276. The van der Waals surface area contributed by atoms with E-state index in [9.17, 15) is 5.11 Å². The smallest absolute Gasteiger partial charge is 0.168 e. The largest absolute Gasteiger partial charge is 0.390 e. The molecular weight excluding hydrogens is 216 g/mol. The minimum absolute atomic E-state index is 0.111. The van der Waals surface area contributed by atoms with Crippen LogP contribution in [0.2, 0.25) is 0 Å². The molecule has 0 unspecified atom stereocenters. The second-order valence-corrected chi connectivity index (χ2v) is 6.37. The minimum Gasteiger partial charge on any atom is -0.390 e. The van der Waals surface area contributed by atoms with Gasteiger partial charge in [-0.3, -0.25) is 0 Å². The third-order valence-electron chi connectivity index (χ3n) is 3.92. The lowest BCUT2D eigenvalue weighted by atomic mass is 9.78. The summed E-state index contributed by atoms with van der Waals surface area (Å²) in [5, 5.41) is 10.3. The first-order valence-corrected chi connectivity index (χ1v) is 6.50. The van der Waals surface area contributed by atoms with E-state index < -0.39 is 11.4 Å². The molecule has 0 amide bonds. The molecule has 1 N–H and O–H groups in total. The number of hydrogen-bond donors (Lipinski definition) is 1. The van der Waals surface area contributed by atoms with Gasteiger partial charge in [0.25, 0.3) is 0 Å². The molecule has 0 radical (unpaired) electrons. The van der Waals surface area contributed by atoms with Crippen molar-refractivity contribution in [1.29, 1.82) is 0 Å². The molecule has 0 aromatic heterocycles. The topological polar surface area (TPSA) is 38.7 Å². The highest BCUT2D eigenvalue weighted by molar-refractivity contribution is 4.95. The van der Waals surface area contributed by atoms with Crippen molar-refractivity contribution in [2.75, 3.05) is 13.2 Å². The highest BCUT2D eigenvalue weighted by Crippen LogP contribution is 2.43. The van der Waals surface area contributed by atoms with Gasteiger partial charge in [-0.2, -0.15) is 0 Å². The Morgan fingerprint density at radius 2 is 1.65 bits per heavy atom. The van der Waals surface area contributed by atoms with E-state index in [0.717, 1.165) is 38.9 Å². The first-order chi connectivity index (χ1) is 7.89. The van der Waals surface area contributed by atoms with Crippen LogP contribution in [0.5, 0.6) is 0 Å². The van der Waals surface area contributed by atoms with Crippen LogP contribution < -0.4 is 0 Å². The molecule has 0 bridgehead atoms. The Labute approximate surface area is 104 Å². The van der Waals surface area contributed by atoms with E-state index in [0.29, 0.717) is 6.42 Å². The fourth-order valence-corrected chi connectivity index (χ4v) is 2.59. The van der Waals surface area contributed by atoms with Gasteiger partial charge in [0.05, 0.1) is 18.8 Å². The highest BCUT2D eigenvalue weighted by Gasteiger charge is 2.46. The van der Waals surface area contributed by atoms with Crippen molar-refractivity contribution in [3.05, 3.63) is 12.7 Å². The summed E-state index contributed by atoms with van der Waals surface area (Å²) < 4.78 is 11.9. The van der Waals surface area contributed by atoms with E-state index in [1.807, 2.05) is 0 Å². The Morgan fingerprint density at radius 1 is 1.12 bits per heavy atom. The van der Waals surface area contributed by atoms with Crippen molar-refractivity contribution in [2.45, 2.75) is 57.3 Å². The van der Waals surface area contributed by atoms with Gasteiger partial charge in [0, 0.05) is 18.3 Å². The van der Waals surface area contributed by atoms with Gasteiger partial charge in [-0.15, -0.1) is 6.58 Å². The average molecular weight is 240 g/mol. The van der Waals surface area contributed by atoms with Crippen molar-refractivity contribution < 1.29 is 14.6 Å². The molecule has 3 nitrogen and oxygen atoms in total. The summed E-state index contributed by atoms with van der Waals surface area (Å²) in [5.41, 5.74) is -0.479. The molecule has 2 rings (SSSR count). The molecule has 2 aliphatic rings. The van der Waals surface area contributed by atoms with Crippen LogP contribution in [0.1, 0.15) is 46.0 Å². The summed E-state index contributed by atoms with van der Waals surface area (Å²) in [4.78, 5) is 0. The molecule has 17 heavy (non-hydrogen) atoms. The van der Waals surface area contributed by atoms with Crippen LogP contribution in [-0.4, -0.2) is 29.7 Å². The van der Waals surface area contributed by atoms with Crippen LogP contribution in [-0.2, 0) is 9.47 Å². The van der Waals surface area contributed by atoms with E-state index >= 15 is 0 Å². The maximum atomic E-state index is 10.3. The molecule has 0 atom stereocenters. The minimum atomic E-state index is -0.591. The van der Waals surface area contributed by atoms with Crippen LogP contribution in [0.4, 0.5) is 0 Å². The Balaban J connectivity index is 1.93. The summed E-state index contributed by atoms with van der Waals surface area (Å²) in [6.07, 6.45) is 5.50. The van der Waals surface area contributed by atoms with Crippen LogP contribution >= 0.6 is 0 Å². The van der Waals surface area contributed by atoms with Gasteiger partial charge in [0.1, 0.15) is 0 Å². The molecule has 1 aliphatic carbocycles. The Kier molecular flexibility index (Phi) is 3.36. The van der Waals surface area contributed by atoms with Crippen molar-refractivity contribution in [1.82, 2.24) is 0 Å². The van der Waals surface area contributed by atoms with E-state index in [-0.39, 0.29) is 5.41 Å². The van der Waals surface area contributed by atoms with Crippen LogP contribution in [0.15, 0.2) is 12.7 Å². The van der Waals surface area contributed by atoms with Crippen molar-refractivity contribution in [3.8, 4) is 0 Å². The second-order valence-electron chi connectivity index (χ2n) is 6.37. The number of hydrogen-bond acceptors (Lipinski definition) is 3. The standard InChI is InChI=1S/C14H24O3/c1-4-5-13(15)6-8-14(9-7-13)16-10-12(2,3)11-17-14/h4,15H,1,5-11H2,2-3H3. The van der Waals surface area contributed by atoms with Gasteiger partial charge < -0.3 is 14.6 Å². The fraction of sp³-hybridized carbons (Fsp3) is 0.857. The fourth-order valence-electron chi connectivity index (χ4n) is 2.59. The normalized spacial score (nSPS) is 30.1. The Morgan fingerprint density at radius 3 is 2.12 bits per heavy atom. The van der Waals surface area contributed by atoms with E-state index in [2.05, 4.69) is 20.4 Å². The molecule has 0 aromatic rings. The molecule has 3 heteroatoms. The van der Waals surface area contributed by atoms with Gasteiger partial charge in [0.15, 0.2) is 5.79 Å². The lowest BCUT2D eigenvalue weighted by molar-refractivity contribution is -0.319. The van der Waals surface area contributed by atoms with Crippen molar-refractivity contribution >= 4 is 0 Å². The predicted octanol–water partition coefficient (Wildman–Crippen LogP) is 2.64. The molecule has 2 fully saturated rings. The molecule has 1 saturated heterocycles. The highest BCUT2D eigenvalue weighted by atomic mass is 16.7. The third kappa shape index (κ3) is 2.90. The van der Waals surface area contributed by atoms with Gasteiger partial charge in [-0.05, 0) is 19.3 Å². The molecule has 1 saturated carbocycles. The summed E-state index contributed by atoms with van der Waals surface area (Å²) in [6.45, 7) is 9.49. The number of ether oxygens (including phenoxy) is 2. The van der Waals surface area contributed by atoms with E-state index in [1.54, 1.807) is 6.08 Å². The van der Waals surface area contributed by atoms with Gasteiger partial charge in [0.2, 0.25) is 0 Å². The van der Waals surface area contributed by atoms with Crippen LogP contribution in [0, 0.1) is 5.41 Å². The van der Waals surface area contributed by atoms with Crippen LogP contribution in [0.25, 0.3) is 0 Å². The average Bonchev–Trinajstić information content (AvgIpc) is 2.28.